The van der Waals surface area contributed by atoms with Crippen LogP contribution < -0.4 is 9.46 Å². The molecule has 142 valence electrons. The van der Waals surface area contributed by atoms with Gasteiger partial charge in [-0.25, -0.2) is 18.1 Å². The first-order valence-electron chi connectivity index (χ1n) is 8.55. The molecule has 1 aromatic heterocycles. The highest BCUT2D eigenvalue weighted by Crippen LogP contribution is 2.25. The highest BCUT2D eigenvalue weighted by atomic mass is 32.2. The van der Waals surface area contributed by atoms with Gasteiger partial charge in [-0.2, -0.15) is 0 Å². The normalized spacial score (nSPS) is 11.5. The third kappa shape index (κ3) is 4.74. The van der Waals surface area contributed by atoms with E-state index >= 15 is 0 Å². The van der Waals surface area contributed by atoms with E-state index in [1.807, 2.05) is 49.6 Å². The van der Waals surface area contributed by atoms with Crippen LogP contribution in [-0.4, -0.2) is 27.1 Å². The first kappa shape index (κ1) is 19.5. The Morgan fingerprint density at radius 1 is 1.11 bits per heavy atom. The number of rotatable bonds is 7. The summed E-state index contributed by atoms with van der Waals surface area (Å²) in [5.41, 5.74) is 3.96. The van der Waals surface area contributed by atoms with E-state index in [0.29, 0.717) is 18.7 Å². The SMILES string of the molecule is COc1ccc(C)cc1S(=O)(=O)NCCc1ccc(-c2csc(C)n2)cc1. The van der Waals surface area contributed by atoms with Crippen LogP contribution in [-0.2, 0) is 16.4 Å². The first-order valence-corrected chi connectivity index (χ1v) is 10.9. The Balaban J connectivity index is 1.65. The van der Waals surface area contributed by atoms with Crippen molar-refractivity contribution >= 4 is 21.4 Å². The maximum atomic E-state index is 12.6. The highest BCUT2D eigenvalue weighted by molar-refractivity contribution is 7.89. The summed E-state index contributed by atoms with van der Waals surface area (Å²) in [4.78, 5) is 4.64. The van der Waals surface area contributed by atoms with Crippen molar-refractivity contribution in [2.24, 2.45) is 0 Å². The lowest BCUT2D eigenvalue weighted by atomic mass is 10.1. The standard InChI is InChI=1S/C20H22N2O3S2/c1-14-4-9-19(25-3)20(12-14)27(23,24)21-11-10-16-5-7-17(8-6-16)18-13-26-15(2)22-18/h4-9,12-13,21H,10-11H2,1-3H3. The molecule has 0 saturated heterocycles. The number of sulfonamides is 1. The molecule has 1 N–H and O–H groups in total. The Kier molecular flexibility index (Phi) is 5.94. The predicted molar refractivity (Wildman–Crippen MR) is 109 cm³/mol. The number of methoxy groups -OCH3 is 1. The van der Waals surface area contributed by atoms with Crippen LogP contribution in [0.4, 0.5) is 0 Å². The number of benzene rings is 2. The fraction of sp³-hybridized carbons (Fsp3) is 0.250. The molecule has 5 nitrogen and oxygen atoms in total. The predicted octanol–water partition coefficient (Wildman–Crippen LogP) is 3.96. The first-order chi connectivity index (χ1) is 12.9. The van der Waals surface area contributed by atoms with Crippen molar-refractivity contribution in [3.05, 3.63) is 64.0 Å². The van der Waals surface area contributed by atoms with Crippen molar-refractivity contribution in [2.75, 3.05) is 13.7 Å². The van der Waals surface area contributed by atoms with E-state index < -0.39 is 10.0 Å². The van der Waals surface area contributed by atoms with Crippen LogP contribution in [0.2, 0.25) is 0 Å². The minimum atomic E-state index is -3.63. The van der Waals surface area contributed by atoms with E-state index in [1.54, 1.807) is 23.5 Å². The number of nitrogens with zero attached hydrogens (tertiary/aromatic N) is 1. The molecule has 2 aromatic carbocycles. The Morgan fingerprint density at radius 3 is 2.48 bits per heavy atom. The zero-order valence-electron chi connectivity index (χ0n) is 15.5. The monoisotopic (exact) mass is 402 g/mol. The molecule has 1 heterocycles. The highest BCUT2D eigenvalue weighted by Gasteiger charge is 2.19. The van der Waals surface area contributed by atoms with E-state index in [-0.39, 0.29) is 4.90 Å². The van der Waals surface area contributed by atoms with Crippen LogP contribution in [0.5, 0.6) is 5.75 Å². The summed E-state index contributed by atoms with van der Waals surface area (Å²) in [6.45, 7) is 4.15. The minimum absolute atomic E-state index is 0.166. The summed E-state index contributed by atoms with van der Waals surface area (Å²) >= 11 is 1.62. The molecule has 0 aliphatic carbocycles. The number of thiazole rings is 1. The Labute approximate surface area is 164 Å². The number of hydrogen-bond acceptors (Lipinski definition) is 5. The van der Waals surface area contributed by atoms with Crippen LogP contribution in [0.1, 0.15) is 16.1 Å². The Morgan fingerprint density at radius 2 is 1.85 bits per heavy atom. The fourth-order valence-corrected chi connectivity index (χ4v) is 4.65. The number of aromatic nitrogens is 1. The topological polar surface area (TPSA) is 68.3 Å². The summed E-state index contributed by atoms with van der Waals surface area (Å²) in [6.07, 6.45) is 0.601. The lowest BCUT2D eigenvalue weighted by molar-refractivity contribution is 0.402. The summed E-state index contributed by atoms with van der Waals surface area (Å²) in [5.74, 6) is 0.344. The Hall–Kier alpha value is -2.22. The number of nitrogens with one attached hydrogen (secondary N) is 1. The molecule has 27 heavy (non-hydrogen) atoms. The molecule has 0 fully saturated rings. The molecule has 3 rings (SSSR count). The van der Waals surface area contributed by atoms with Gasteiger partial charge in [0, 0.05) is 17.5 Å². The van der Waals surface area contributed by atoms with Gasteiger partial charge in [0.2, 0.25) is 10.0 Å². The average Bonchev–Trinajstić information content (AvgIpc) is 3.08. The second-order valence-corrected chi connectivity index (χ2v) is 9.05. The zero-order valence-corrected chi connectivity index (χ0v) is 17.2. The summed E-state index contributed by atoms with van der Waals surface area (Å²) in [5, 5.41) is 3.07. The van der Waals surface area contributed by atoms with Crippen LogP contribution in [0.25, 0.3) is 11.3 Å². The third-order valence-electron chi connectivity index (χ3n) is 4.18. The quantitative estimate of drug-likeness (QED) is 0.650. The largest absolute Gasteiger partial charge is 0.495 e. The van der Waals surface area contributed by atoms with Crippen molar-refractivity contribution in [3.8, 4) is 17.0 Å². The number of ether oxygens (including phenoxy) is 1. The van der Waals surface area contributed by atoms with E-state index in [2.05, 4.69) is 9.71 Å². The van der Waals surface area contributed by atoms with Crippen LogP contribution >= 0.6 is 11.3 Å². The van der Waals surface area contributed by atoms with Gasteiger partial charge in [-0.15, -0.1) is 11.3 Å². The van der Waals surface area contributed by atoms with Crippen molar-refractivity contribution in [1.29, 1.82) is 0 Å². The minimum Gasteiger partial charge on any atom is -0.495 e. The van der Waals surface area contributed by atoms with Crippen molar-refractivity contribution in [2.45, 2.75) is 25.2 Å². The average molecular weight is 403 g/mol. The zero-order chi connectivity index (χ0) is 19.4. The van der Waals surface area contributed by atoms with Gasteiger partial charge in [-0.3, -0.25) is 0 Å². The summed E-state index contributed by atoms with van der Waals surface area (Å²) < 4.78 is 33.0. The summed E-state index contributed by atoms with van der Waals surface area (Å²) in [7, 11) is -2.16. The smallest absolute Gasteiger partial charge is 0.244 e. The van der Waals surface area contributed by atoms with Gasteiger partial charge in [-0.1, -0.05) is 30.3 Å². The molecule has 0 aliphatic heterocycles. The van der Waals surface area contributed by atoms with Crippen molar-refractivity contribution < 1.29 is 13.2 Å². The van der Waals surface area contributed by atoms with Gasteiger partial charge in [0.15, 0.2) is 0 Å². The van der Waals surface area contributed by atoms with Gasteiger partial charge in [0.1, 0.15) is 10.6 Å². The van der Waals surface area contributed by atoms with E-state index in [1.165, 1.54) is 7.11 Å². The van der Waals surface area contributed by atoms with Gasteiger partial charge in [0.25, 0.3) is 0 Å². The van der Waals surface area contributed by atoms with Crippen molar-refractivity contribution in [3.63, 3.8) is 0 Å². The maximum Gasteiger partial charge on any atom is 0.244 e. The molecular weight excluding hydrogens is 380 g/mol. The molecule has 0 spiro atoms. The van der Waals surface area contributed by atoms with E-state index in [4.69, 9.17) is 4.74 Å². The molecule has 0 aliphatic rings. The van der Waals surface area contributed by atoms with E-state index in [0.717, 1.165) is 27.4 Å². The fourth-order valence-electron chi connectivity index (χ4n) is 2.74. The molecule has 7 heteroatoms. The van der Waals surface area contributed by atoms with Gasteiger partial charge < -0.3 is 4.74 Å². The lowest BCUT2D eigenvalue weighted by Crippen LogP contribution is -2.26. The number of hydrogen-bond donors (Lipinski definition) is 1. The molecule has 0 amide bonds. The second kappa shape index (κ2) is 8.21. The molecular formula is C20H22N2O3S2. The van der Waals surface area contributed by atoms with Crippen LogP contribution in [0, 0.1) is 13.8 Å². The molecule has 3 aromatic rings. The number of aryl methyl sites for hydroxylation is 2. The van der Waals surface area contributed by atoms with Gasteiger partial charge >= 0.3 is 0 Å². The molecule has 0 bridgehead atoms. The molecule has 0 saturated carbocycles. The van der Waals surface area contributed by atoms with Gasteiger partial charge in [-0.05, 0) is 43.5 Å². The maximum absolute atomic E-state index is 12.6. The molecule has 0 radical (unpaired) electrons. The lowest BCUT2D eigenvalue weighted by Gasteiger charge is -2.11. The molecule has 0 atom stereocenters. The Bertz CT molecular complexity index is 1030. The van der Waals surface area contributed by atoms with Crippen molar-refractivity contribution in [1.82, 2.24) is 9.71 Å². The van der Waals surface area contributed by atoms with E-state index in [9.17, 15) is 8.42 Å². The molecule has 0 unspecified atom stereocenters. The van der Waals surface area contributed by atoms with Gasteiger partial charge in [0.05, 0.1) is 17.8 Å². The van der Waals surface area contributed by atoms with Crippen LogP contribution in [0.15, 0.2) is 52.7 Å². The second-order valence-electron chi connectivity index (χ2n) is 6.25. The summed E-state index contributed by atoms with van der Waals surface area (Å²) in [6, 6.07) is 13.2. The van der Waals surface area contributed by atoms with Crippen LogP contribution in [0.3, 0.4) is 0 Å². The third-order valence-corrected chi connectivity index (χ3v) is 6.44.